The molecule has 2 amide bonds. The molecule has 29 heavy (non-hydrogen) atoms. The summed E-state index contributed by atoms with van der Waals surface area (Å²) >= 11 is 0. The van der Waals surface area contributed by atoms with Crippen molar-refractivity contribution in [1.29, 1.82) is 0 Å². The third kappa shape index (κ3) is 5.21. The minimum absolute atomic E-state index is 0.0680. The van der Waals surface area contributed by atoms with Gasteiger partial charge >= 0.3 is 6.09 Å². The molecule has 3 N–H and O–H groups in total. The Kier molecular flexibility index (Phi) is 6.30. The van der Waals surface area contributed by atoms with E-state index in [9.17, 15) is 18.4 Å². The molecule has 0 spiro atoms. The Morgan fingerprint density at radius 1 is 1.38 bits per heavy atom. The van der Waals surface area contributed by atoms with Gasteiger partial charge in [0.1, 0.15) is 18.9 Å². The number of fused-ring (bicyclic) bond motifs is 1. The number of nitrogens with one attached hydrogen (secondary N) is 2. The van der Waals surface area contributed by atoms with Crippen LogP contribution >= 0.6 is 0 Å². The fraction of sp³-hybridized carbons (Fsp3) is 0.421. The maximum atomic E-state index is 12.7. The van der Waals surface area contributed by atoms with E-state index in [-0.39, 0.29) is 18.3 Å². The van der Waals surface area contributed by atoms with E-state index in [4.69, 9.17) is 9.84 Å². The first-order valence-corrected chi connectivity index (χ1v) is 9.27. The molecule has 1 unspecified atom stereocenters. The summed E-state index contributed by atoms with van der Waals surface area (Å²) in [5.41, 5.74) is 1.94. The zero-order valence-corrected chi connectivity index (χ0v) is 15.8. The van der Waals surface area contributed by atoms with Crippen molar-refractivity contribution in [3.63, 3.8) is 0 Å². The second kappa shape index (κ2) is 8.89. The second-order valence-corrected chi connectivity index (χ2v) is 6.78. The highest BCUT2D eigenvalue weighted by Crippen LogP contribution is 2.28. The molecule has 156 valence electrons. The van der Waals surface area contributed by atoms with Crippen molar-refractivity contribution >= 4 is 17.7 Å². The average molecular weight is 408 g/mol. The molecule has 2 aromatic rings. The molecule has 0 bridgehead atoms. The number of amides is 2. The summed E-state index contributed by atoms with van der Waals surface area (Å²) in [5.74, 6) is 0.0534. The predicted octanol–water partition coefficient (Wildman–Crippen LogP) is 2.92. The fourth-order valence-electron chi connectivity index (χ4n) is 3.23. The predicted molar refractivity (Wildman–Crippen MR) is 101 cm³/mol. The summed E-state index contributed by atoms with van der Waals surface area (Å²) < 4.78 is 32.2. The number of aryl methyl sites for hydroxylation is 1. The van der Waals surface area contributed by atoms with Crippen LogP contribution in [0.5, 0.6) is 5.75 Å². The van der Waals surface area contributed by atoms with Gasteiger partial charge in [0.05, 0.1) is 6.04 Å². The van der Waals surface area contributed by atoms with E-state index in [1.54, 1.807) is 18.2 Å². The number of anilines is 1. The molecule has 1 aliphatic rings. The van der Waals surface area contributed by atoms with Crippen molar-refractivity contribution in [3.05, 3.63) is 41.2 Å². The second-order valence-electron chi connectivity index (χ2n) is 6.78. The first-order chi connectivity index (χ1) is 13.9. The normalized spacial score (nSPS) is 15.5. The van der Waals surface area contributed by atoms with Gasteiger partial charge in [0.15, 0.2) is 5.69 Å². The monoisotopic (exact) mass is 408 g/mol. The minimum Gasteiger partial charge on any atom is -0.491 e. The van der Waals surface area contributed by atoms with Gasteiger partial charge in [-0.1, -0.05) is 19.4 Å². The molecule has 0 radical (unpaired) electrons. The van der Waals surface area contributed by atoms with Crippen molar-refractivity contribution < 1.29 is 28.2 Å². The van der Waals surface area contributed by atoms with Crippen LogP contribution in [0.3, 0.4) is 0 Å². The highest BCUT2D eigenvalue weighted by atomic mass is 19.3. The summed E-state index contributed by atoms with van der Waals surface area (Å²) in [6, 6.07) is 6.26. The maximum Gasteiger partial charge on any atom is 0.405 e. The molecule has 0 aliphatic carbocycles. The third-order valence-electron chi connectivity index (χ3n) is 4.47. The third-order valence-corrected chi connectivity index (χ3v) is 4.47. The van der Waals surface area contributed by atoms with Gasteiger partial charge in [0.25, 0.3) is 12.3 Å². The van der Waals surface area contributed by atoms with Crippen LogP contribution in [-0.2, 0) is 19.4 Å². The Bertz CT molecular complexity index is 900. The van der Waals surface area contributed by atoms with Gasteiger partial charge in [0.2, 0.25) is 0 Å². The Morgan fingerprint density at radius 3 is 2.86 bits per heavy atom. The van der Waals surface area contributed by atoms with E-state index >= 15 is 0 Å². The summed E-state index contributed by atoms with van der Waals surface area (Å²) in [6.45, 7) is 1.55. The number of nitrogens with zero attached hydrogens (tertiary/aromatic N) is 2. The van der Waals surface area contributed by atoms with Gasteiger partial charge in [-0.25, -0.2) is 13.6 Å². The summed E-state index contributed by atoms with van der Waals surface area (Å²) in [7, 11) is 0. The number of aromatic nitrogens is 2. The van der Waals surface area contributed by atoms with Crippen molar-refractivity contribution in [1.82, 2.24) is 15.1 Å². The number of carbonyl (C=O) groups excluding carboxylic acids is 1. The van der Waals surface area contributed by atoms with E-state index in [0.29, 0.717) is 30.0 Å². The fourth-order valence-corrected chi connectivity index (χ4v) is 3.23. The van der Waals surface area contributed by atoms with E-state index in [0.717, 1.165) is 12.0 Å². The van der Waals surface area contributed by atoms with E-state index in [1.165, 1.54) is 10.7 Å². The molecule has 0 fully saturated rings. The number of carbonyl (C=O) groups is 2. The smallest absolute Gasteiger partial charge is 0.405 e. The van der Waals surface area contributed by atoms with Crippen LogP contribution < -0.4 is 15.4 Å². The summed E-state index contributed by atoms with van der Waals surface area (Å²) in [5, 5.41) is 17.9. The van der Waals surface area contributed by atoms with Crippen LogP contribution in [0.4, 0.5) is 19.3 Å². The lowest BCUT2D eigenvalue weighted by Crippen LogP contribution is -2.42. The van der Waals surface area contributed by atoms with Gasteiger partial charge in [-0.05, 0) is 30.5 Å². The molecule has 1 atom stereocenters. The molecule has 0 saturated carbocycles. The molecule has 1 aromatic carbocycles. The van der Waals surface area contributed by atoms with Crippen molar-refractivity contribution in [3.8, 4) is 5.75 Å². The number of halogens is 2. The number of benzene rings is 1. The van der Waals surface area contributed by atoms with Gasteiger partial charge < -0.3 is 20.5 Å². The van der Waals surface area contributed by atoms with Crippen LogP contribution in [0, 0.1) is 0 Å². The Labute approximate surface area is 165 Å². The van der Waals surface area contributed by atoms with Gasteiger partial charge in [0, 0.05) is 17.4 Å². The number of alkyl halides is 2. The Hall–Kier alpha value is -3.17. The molecule has 1 aliphatic heterocycles. The quantitative estimate of drug-likeness (QED) is 0.653. The van der Waals surface area contributed by atoms with Gasteiger partial charge in [-0.2, -0.15) is 5.10 Å². The minimum atomic E-state index is -2.56. The zero-order valence-electron chi connectivity index (χ0n) is 15.8. The van der Waals surface area contributed by atoms with E-state index in [2.05, 4.69) is 15.7 Å². The largest absolute Gasteiger partial charge is 0.491 e. The first-order valence-electron chi connectivity index (χ1n) is 9.27. The molecule has 8 nitrogen and oxygen atoms in total. The van der Waals surface area contributed by atoms with Crippen LogP contribution in [-0.4, -0.2) is 46.0 Å². The van der Waals surface area contributed by atoms with Crippen molar-refractivity contribution in [2.24, 2.45) is 0 Å². The Balaban J connectivity index is 1.71. The molecular weight excluding hydrogens is 386 g/mol. The number of ether oxygens (including phenoxy) is 1. The van der Waals surface area contributed by atoms with Gasteiger partial charge in [-0.15, -0.1) is 0 Å². The molecule has 2 heterocycles. The Morgan fingerprint density at radius 2 is 2.17 bits per heavy atom. The standard InChI is InChI=1S/C19H22F2N4O4/c1-2-3-14-8-15(24-25(14)9-17(20)21)18(26)22-12-5-4-11-6-13(23-19(27)28)10-29-16(11)7-12/h4-5,7-8,13,17,23H,2-3,6,9-10H2,1H3,(H,22,26)(H,27,28). The molecule has 1 aromatic heterocycles. The lowest BCUT2D eigenvalue weighted by atomic mass is 10.0. The lowest BCUT2D eigenvalue weighted by Gasteiger charge is -2.25. The van der Waals surface area contributed by atoms with Crippen molar-refractivity contribution in [2.75, 3.05) is 11.9 Å². The van der Waals surface area contributed by atoms with Crippen LogP contribution in [0.15, 0.2) is 24.3 Å². The zero-order chi connectivity index (χ0) is 21.0. The number of hydrogen-bond donors (Lipinski definition) is 3. The molecule has 0 saturated heterocycles. The van der Waals surface area contributed by atoms with E-state index < -0.39 is 25.0 Å². The van der Waals surface area contributed by atoms with Crippen LogP contribution in [0.25, 0.3) is 0 Å². The molecular formula is C19H22F2N4O4. The summed E-state index contributed by atoms with van der Waals surface area (Å²) in [6.07, 6.45) is -1.90. The van der Waals surface area contributed by atoms with Crippen LogP contribution in [0.2, 0.25) is 0 Å². The maximum absolute atomic E-state index is 12.7. The SMILES string of the molecule is CCCc1cc(C(=O)Nc2ccc3c(c2)OCC(NC(=O)O)C3)nn1CC(F)F. The highest BCUT2D eigenvalue weighted by molar-refractivity contribution is 6.03. The first kappa shape index (κ1) is 20.6. The number of carboxylic acid groups (broad SMARTS) is 1. The van der Waals surface area contributed by atoms with Gasteiger partial charge in [-0.3, -0.25) is 9.48 Å². The molecule has 10 heteroatoms. The number of hydrogen-bond acceptors (Lipinski definition) is 4. The van der Waals surface area contributed by atoms with E-state index in [1.807, 2.05) is 6.92 Å². The topological polar surface area (TPSA) is 105 Å². The lowest BCUT2D eigenvalue weighted by molar-refractivity contribution is 0.101. The summed E-state index contributed by atoms with van der Waals surface area (Å²) in [4.78, 5) is 23.3. The molecule has 3 rings (SSSR count). The van der Waals surface area contributed by atoms with Crippen LogP contribution in [0.1, 0.15) is 35.1 Å². The number of rotatable bonds is 7. The average Bonchev–Trinajstić information content (AvgIpc) is 3.04. The van der Waals surface area contributed by atoms with Crippen molar-refractivity contribution in [2.45, 2.75) is 45.2 Å². The highest BCUT2D eigenvalue weighted by Gasteiger charge is 2.22.